The minimum absolute atomic E-state index is 0.0718. The molecule has 0 saturated carbocycles. The molecule has 1 N–H and O–H groups in total. The van der Waals surface area contributed by atoms with E-state index < -0.39 is 16.0 Å². The third-order valence-corrected chi connectivity index (χ3v) is 4.72. The third kappa shape index (κ3) is 3.34. The fourth-order valence-electron chi connectivity index (χ4n) is 1.97. The largest absolute Gasteiger partial charge is 0.480 e. The van der Waals surface area contributed by atoms with Gasteiger partial charge in [-0.15, -0.1) is 0 Å². The van der Waals surface area contributed by atoms with Crippen molar-refractivity contribution in [3.8, 4) is 0 Å². The Hall–Kier alpha value is -1.38. The molecule has 0 atom stereocenters. The first kappa shape index (κ1) is 14.0. The number of hydrogen-bond donors (Lipinski definition) is 1. The molecule has 0 spiro atoms. The monoisotopic (exact) mass is 289 g/mol. The number of aliphatic carboxylic acids is 1. The Bertz CT molecular complexity index is 515. The minimum atomic E-state index is -3.58. The maximum absolute atomic E-state index is 12.1. The van der Waals surface area contributed by atoms with Crippen molar-refractivity contribution in [3.05, 3.63) is 18.4 Å². The summed E-state index contributed by atoms with van der Waals surface area (Å²) in [5.74, 6) is -1.02. The predicted octanol–water partition coefficient (Wildman–Crippen LogP) is 0.534. The standard InChI is InChI=1S/C11H15NO6S/c13-10(14)8-18-9-3-5-12(6-4-9)19(15,16)11-2-1-7-17-11/h1-2,7,9H,3-6,8H2,(H,13,14). The van der Waals surface area contributed by atoms with E-state index in [1.165, 1.54) is 22.7 Å². The number of furan rings is 1. The number of nitrogens with zero attached hydrogens (tertiary/aromatic N) is 1. The van der Waals surface area contributed by atoms with Crippen molar-refractivity contribution < 1.29 is 27.5 Å². The van der Waals surface area contributed by atoms with Crippen molar-refractivity contribution in [2.24, 2.45) is 0 Å². The molecular formula is C11H15NO6S. The first-order valence-electron chi connectivity index (χ1n) is 5.87. The summed E-state index contributed by atoms with van der Waals surface area (Å²) in [6, 6.07) is 2.93. The maximum Gasteiger partial charge on any atom is 0.329 e. The Morgan fingerprint density at radius 3 is 2.68 bits per heavy atom. The van der Waals surface area contributed by atoms with E-state index in [9.17, 15) is 13.2 Å². The number of carboxylic acid groups (broad SMARTS) is 1. The van der Waals surface area contributed by atoms with Crippen LogP contribution >= 0.6 is 0 Å². The smallest absolute Gasteiger partial charge is 0.329 e. The van der Waals surface area contributed by atoms with Crippen LogP contribution in [0.25, 0.3) is 0 Å². The van der Waals surface area contributed by atoms with Crippen LogP contribution < -0.4 is 0 Å². The van der Waals surface area contributed by atoms with Gasteiger partial charge in [-0.3, -0.25) is 0 Å². The fraction of sp³-hybridized carbons (Fsp3) is 0.545. The lowest BCUT2D eigenvalue weighted by Gasteiger charge is -2.30. The summed E-state index contributed by atoms with van der Waals surface area (Å²) in [5, 5.41) is 8.43. The van der Waals surface area contributed by atoms with E-state index >= 15 is 0 Å². The molecule has 1 aromatic rings. The first-order valence-corrected chi connectivity index (χ1v) is 7.31. The van der Waals surface area contributed by atoms with Crippen LogP contribution in [-0.2, 0) is 19.6 Å². The Morgan fingerprint density at radius 1 is 1.47 bits per heavy atom. The van der Waals surface area contributed by atoms with E-state index in [-0.39, 0.29) is 17.8 Å². The molecule has 1 fully saturated rings. The predicted molar refractivity (Wildman–Crippen MR) is 64.1 cm³/mol. The summed E-state index contributed by atoms with van der Waals surface area (Å²) in [7, 11) is -3.58. The van der Waals surface area contributed by atoms with Crippen molar-refractivity contribution in [1.82, 2.24) is 4.31 Å². The van der Waals surface area contributed by atoms with Gasteiger partial charge in [-0.1, -0.05) is 0 Å². The SMILES string of the molecule is O=C(O)COC1CCN(S(=O)(=O)c2ccco2)CC1. The van der Waals surface area contributed by atoms with E-state index in [4.69, 9.17) is 14.3 Å². The highest BCUT2D eigenvalue weighted by Gasteiger charge is 2.31. The van der Waals surface area contributed by atoms with Crippen LogP contribution in [0, 0.1) is 0 Å². The van der Waals surface area contributed by atoms with Crippen molar-refractivity contribution >= 4 is 16.0 Å². The van der Waals surface area contributed by atoms with Gasteiger partial charge in [0.2, 0.25) is 5.09 Å². The molecule has 1 aliphatic heterocycles. The van der Waals surface area contributed by atoms with Crippen LogP contribution in [0.5, 0.6) is 0 Å². The molecule has 0 radical (unpaired) electrons. The van der Waals surface area contributed by atoms with Crippen LogP contribution in [0.1, 0.15) is 12.8 Å². The summed E-state index contributed by atoms with van der Waals surface area (Å²) in [4.78, 5) is 10.4. The van der Waals surface area contributed by atoms with Crippen molar-refractivity contribution in [1.29, 1.82) is 0 Å². The molecule has 106 valence electrons. The molecule has 19 heavy (non-hydrogen) atoms. The topological polar surface area (TPSA) is 97.0 Å². The second-order valence-electron chi connectivity index (χ2n) is 4.24. The van der Waals surface area contributed by atoms with Gasteiger partial charge in [0.15, 0.2) is 0 Å². The molecule has 0 amide bonds. The van der Waals surface area contributed by atoms with E-state index in [1.807, 2.05) is 0 Å². The number of sulfonamides is 1. The quantitative estimate of drug-likeness (QED) is 0.849. The van der Waals surface area contributed by atoms with Gasteiger partial charge in [-0.25, -0.2) is 13.2 Å². The van der Waals surface area contributed by atoms with Crippen LogP contribution in [0.3, 0.4) is 0 Å². The summed E-state index contributed by atoms with van der Waals surface area (Å²) in [5.41, 5.74) is 0. The molecule has 7 nitrogen and oxygen atoms in total. The van der Waals surface area contributed by atoms with Gasteiger partial charge < -0.3 is 14.3 Å². The number of carbonyl (C=O) groups is 1. The third-order valence-electron chi connectivity index (χ3n) is 2.93. The van der Waals surface area contributed by atoms with Gasteiger partial charge in [0.05, 0.1) is 12.4 Å². The number of rotatable bonds is 5. The Labute approximate surface area is 110 Å². The second kappa shape index (κ2) is 5.72. The molecule has 2 heterocycles. The molecule has 0 bridgehead atoms. The molecule has 1 aliphatic rings. The van der Waals surface area contributed by atoms with Gasteiger partial charge in [-0.05, 0) is 25.0 Å². The second-order valence-corrected chi connectivity index (χ2v) is 6.11. The molecule has 1 saturated heterocycles. The van der Waals surface area contributed by atoms with Gasteiger partial charge in [0.1, 0.15) is 6.61 Å². The van der Waals surface area contributed by atoms with Gasteiger partial charge in [-0.2, -0.15) is 4.31 Å². The number of piperidine rings is 1. The lowest BCUT2D eigenvalue weighted by atomic mass is 10.1. The number of ether oxygens (including phenoxy) is 1. The van der Waals surface area contributed by atoms with Crippen LogP contribution in [-0.4, -0.2) is 49.6 Å². The summed E-state index contributed by atoms with van der Waals surface area (Å²) >= 11 is 0. The molecular weight excluding hydrogens is 274 g/mol. The van der Waals surface area contributed by atoms with E-state index in [0.29, 0.717) is 25.9 Å². The van der Waals surface area contributed by atoms with E-state index in [2.05, 4.69) is 0 Å². The average molecular weight is 289 g/mol. The lowest BCUT2D eigenvalue weighted by molar-refractivity contribution is -0.145. The van der Waals surface area contributed by atoms with E-state index in [0.717, 1.165) is 0 Å². The minimum Gasteiger partial charge on any atom is -0.480 e. The fourth-order valence-corrected chi connectivity index (χ4v) is 3.34. The van der Waals surface area contributed by atoms with Gasteiger partial charge >= 0.3 is 5.97 Å². The van der Waals surface area contributed by atoms with Crippen molar-refractivity contribution in [2.75, 3.05) is 19.7 Å². The Morgan fingerprint density at radius 2 is 2.16 bits per heavy atom. The maximum atomic E-state index is 12.1. The molecule has 0 aliphatic carbocycles. The lowest BCUT2D eigenvalue weighted by Crippen LogP contribution is -2.41. The highest BCUT2D eigenvalue weighted by molar-refractivity contribution is 7.89. The average Bonchev–Trinajstić information content (AvgIpc) is 2.91. The van der Waals surface area contributed by atoms with Gasteiger partial charge in [0, 0.05) is 13.1 Å². The number of carboxylic acids is 1. The zero-order chi connectivity index (χ0) is 13.9. The zero-order valence-corrected chi connectivity index (χ0v) is 11.0. The van der Waals surface area contributed by atoms with Crippen LogP contribution in [0.15, 0.2) is 27.9 Å². The molecule has 0 aromatic carbocycles. The molecule has 8 heteroatoms. The number of hydrogen-bond acceptors (Lipinski definition) is 5. The Balaban J connectivity index is 1.91. The first-order chi connectivity index (χ1) is 9.00. The molecule has 2 rings (SSSR count). The highest BCUT2D eigenvalue weighted by Crippen LogP contribution is 2.22. The van der Waals surface area contributed by atoms with Crippen LogP contribution in [0.4, 0.5) is 0 Å². The van der Waals surface area contributed by atoms with Crippen molar-refractivity contribution in [3.63, 3.8) is 0 Å². The summed E-state index contributed by atoms with van der Waals surface area (Å²) in [6.07, 6.45) is 2.06. The summed E-state index contributed by atoms with van der Waals surface area (Å²) in [6.45, 7) is 0.246. The molecule has 0 unspecified atom stereocenters. The molecule has 1 aromatic heterocycles. The van der Waals surface area contributed by atoms with Crippen LogP contribution in [0.2, 0.25) is 0 Å². The van der Waals surface area contributed by atoms with Gasteiger partial charge in [0.25, 0.3) is 10.0 Å². The van der Waals surface area contributed by atoms with E-state index in [1.54, 1.807) is 0 Å². The Kier molecular flexibility index (Phi) is 4.23. The summed E-state index contributed by atoms with van der Waals surface area (Å²) < 4.78 is 35.6. The normalized spacial score (nSPS) is 18.5. The zero-order valence-electron chi connectivity index (χ0n) is 10.2. The van der Waals surface area contributed by atoms with Crippen molar-refractivity contribution in [2.45, 2.75) is 24.0 Å². The highest BCUT2D eigenvalue weighted by atomic mass is 32.2.